The molecule has 0 saturated carbocycles. The van der Waals surface area contributed by atoms with E-state index < -0.39 is 0 Å². The lowest BCUT2D eigenvalue weighted by molar-refractivity contribution is 1.74. The highest BCUT2D eigenvalue weighted by Crippen LogP contribution is 2.31. The lowest BCUT2D eigenvalue weighted by atomic mass is 10.0. The van der Waals surface area contributed by atoms with Gasteiger partial charge in [-0.3, -0.25) is 0 Å². The minimum Gasteiger partial charge on any atom is -0.0827 e. The van der Waals surface area contributed by atoms with Crippen LogP contribution in [0.3, 0.4) is 0 Å². The molecule has 2 heteroatoms. The molecule has 0 aliphatic rings. The molecule has 76 valence electrons. The van der Waals surface area contributed by atoms with Crippen molar-refractivity contribution in [1.82, 2.24) is 0 Å². The predicted molar refractivity (Wildman–Crippen MR) is 69.1 cm³/mol. The van der Waals surface area contributed by atoms with Gasteiger partial charge in [0.25, 0.3) is 0 Å². The summed E-state index contributed by atoms with van der Waals surface area (Å²) in [4.78, 5) is 0. The maximum absolute atomic E-state index is 6.02. The summed E-state index contributed by atoms with van der Waals surface area (Å²) in [7, 11) is 0. The van der Waals surface area contributed by atoms with E-state index in [-0.39, 0.29) is 0 Å². The molecule has 0 heterocycles. The van der Waals surface area contributed by atoms with Crippen LogP contribution in [0.15, 0.2) is 36.4 Å². The zero-order chi connectivity index (χ0) is 11.1. The molecule has 0 unspecified atom stereocenters. The van der Waals surface area contributed by atoms with E-state index in [1.54, 1.807) is 0 Å². The Morgan fingerprint density at radius 3 is 2.75 bits per heavy atom. The third-order valence-corrected chi connectivity index (χ3v) is 3.32. The highest BCUT2D eigenvalue weighted by molar-refractivity contribution is 6.43. The van der Waals surface area contributed by atoms with Gasteiger partial charge in [-0.1, -0.05) is 47.5 Å². The number of halogens is 2. The zero-order valence-corrected chi connectivity index (χ0v) is 9.73. The third-order valence-electron chi connectivity index (χ3n) is 2.63. The van der Waals surface area contributed by atoms with Crippen LogP contribution >= 0.6 is 23.2 Å². The summed E-state index contributed by atoms with van der Waals surface area (Å²) in [6.45, 7) is 0. The zero-order valence-electron chi connectivity index (χ0n) is 8.22. The van der Waals surface area contributed by atoms with Crippen LogP contribution in [0.5, 0.6) is 0 Å². The molecule has 0 aliphatic carbocycles. The normalized spacial score (nSPS) is 11.1. The summed E-state index contributed by atoms with van der Waals surface area (Å²) < 4.78 is 0. The van der Waals surface area contributed by atoms with Crippen LogP contribution in [0.4, 0.5) is 0 Å². The first-order chi connectivity index (χ1) is 7.75. The van der Waals surface area contributed by atoms with Gasteiger partial charge in [-0.15, -0.1) is 0 Å². The van der Waals surface area contributed by atoms with Crippen molar-refractivity contribution >= 4 is 44.7 Å². The van der Waals surface area contributed by atoms with Crippen molar-refractivity contribution in [3.63, 3.8) is 0 Å². The van der Waals surface area contributed by atoms with Gasteiger partial charge in [0, 0.05) is 6.07 Å². The lowest BCUT2D eigenvalue weighted by Crippen LogP contribution is -1.79. The van der Waals surface area contributed by atoms with Gasteiger partial charge >= 0.3 is 0 Å². The molecule has 0 spiro atoms. The van der Waals surface area contributed by atoms with E-state index in [1.807, 2.05) is 36.4 Å². The van der Waals surface area contributed by atoms with Crippen LogP contribution in [-0.2, 0) is 0 Å². The molecule has 0 fully saturated rings. The minimum absolute atomic E-state index is 0.469. The first-order valence-electron chi connectivity index (χ1n) is 4.85. The van der Waals surface area contributed by atoms with E-state index in [0.29, 0.717) is 10.0 Å². The van der Waals surface area contributed by atoms with Crippen LogP contribution in [0.1, 0.15) is 0 Å². The molecule has 0 aromatic heterocycles. The highest BCUT2D eigenvalue weighted by Gasteiger charge is 2.04. The summed E-state index contributed by atoms with van der Waals surface area (Å²) in [6, 6.07) is 17.9. The van der Waals surface area contributed by atoms with Crippen molar-refractivity contribution in [1.29, 1.82) is 0 Å². The van der Waals surface area contributed by atoms with Gasteiger partial charge in [-0.05, 0) is 39.7 Å². The van der Waals surface area contributed by atoms with Crippen molar-refractivity contribution < 1.29 is 0 Å². The number of hydrogen-bond donors (Lipinski definition) is 0. The molecule has 0 nitrogen and oxygen atoms in total. The molecule has 3 aromatic rings. The van der Waals surface area contributed by atoms with Crippen LogP contribution in [0.25, 0.3) is 21.5 Å². The predicted octanol–water partition coefficient (Wildman–Crippen LogP) is 4.90. The van der Waals surface area contributed by atoms with Crippen molar-refractivity contribution in [3.05, 3.63) is 58.6 Å². The first kappa shape index (κ1) is 9.95. The maximum Gasteiger partial charge on any atom is 0.0677 e. The van der Waals surface area contributed by atoms with Crippen LogP contribution < -0.4 is 0 Å². The molecule has 0 atom stereocenters. The van der Waals surface area contributed by atoms with Gasteiger partial charge in [0.2, 0.25) is 0 Å². The van der Waals surface area contributed by atoms with Crippen molar-refractivity contribution in [2.75, 3.05) is 0 Å². The Balaban J connectivity index is 2.55. The Hall–Kier alpha value is -1.24. The molecule has 0 N–H and O–H groups in total. The maximum atomic E-state index is 6.02. The molecule has 3 aromatic carbocycles. The largest absolute Gasteiger partial charge is 0.0827 e. The molecule has 16 heavy (non-hydrogen) atoms. The fourth-order valence-electron chi connectivity index (χ4n) is 1.87. The smallest absolute Gasteiger partial charge is 0.0677 e. The average molecular weight is 245 g/mol. The average Bonchev–Trinajstić information content (AvgIpc) is 2.31. The van der Waals surface area contributed by atoms with Gasteiger partial charge in [-0.2, -0.15) is 0 Å². The lowest BCUT2D eigenvalue weighted by Gasteiger charge is -2.04. The fourth-order valence-corrected chi connectivity index (χ4v) is 2.18. The van der Waals surface area contributed by atoms with Gasteiger partial charge in [0.05, 0.1) is 10.0 Å². The molecule has 3 rings (SSSR count). The van der Waals surface area contributed by atoms with Gasteiger partial charge < -0.3 is 0 Å². The number of fused-ring (bicyclic) bond motifs is 3. The van der Waals surface area contributed by atoms with Crippen LogP contribution in [0, 0.1) is 12.1 Å². The van der Waals surface area contributed by atoms with E-state index in [0.717, 1.165) is 21.5 Å². The van der Waals surface area contributed by atoms with E-state index >= 15 is 0 Å². The number of benzene rings is 3. The van der Waals surface area contributed by atoms with E-state index in [2.05, 4.69) is 12.1 Å². The van der Waals surface area contributed by atoms with E-state index in [1.165, 1.54) is 0 Å². The first-order valence-corrected chi connectivity index (χ1v) is 5.61. The Morgan fingerprint density at radius 1 is 1.00 bits per heavy atom. The monoisotopic (exact) mass is 244 g/mol. The number of hydrogen-bond acceptors (Lipinski definition) is 0. The van der Waals surface area contributed by atoms with Crippen LogP contribution in [-0.4, -0.2) is 0 Å². The minimum atomic E-state index is 0.469. The van der Waals surface area contributed by atoms with Gasteiger partial charge in [0.15, 0.2) is 0 Å². The second kappa shape index (κ2) is 3.65. The summed E-state index contributed by atoms with van der Waals surface area (Å²) in [5.74, 6) is 0. The van der Waals surface area contributed by atoms with Gasteiger partial charge in [0.1, 0.15) is 0 Å². The van der Waals surface area contributed by atoms with E-state index in [9.17, 15) is 0 Å². The second-order valence-electron chi connectivity index (χ2n) is 3.61. The van der Waals surface area contributed by atoms with E-state index in [4.69, 9.17) is 23.2 Å². The third kappa shape index (κ3) is 1.46. The fraction of sp³-hybridized carbons (Fsp3) is 0. The summed E-state index contributed by atoms with van der Waals surface area (Å²) in [5.41, 5.74) is 0. The summed E-state index contributed by atoms with van der Waals surface area (Å²) in [6.07, 6.45) is 0. The Labute approximate surface area is 103 Å². The van der Waals surface area contributed by atoms with Crippen LogP contribution in [0.2, 0.25) is 10.0 Å². The quantitative estimate of drug-likeness (QED) is 0.494. The van der Waals surface area contributed by atoms with Crippen molar-refractivity contribution in [2.45, 2.75) is 0 Å². The molecule has 0 saturated heterocycles. The van der Waals surface area contributed by atoms with Crippen molar-refractivity contribution in [3.8, 4) is 0 Å². The standard InChI is InChI=1S/C14H6Cl2/c15-13-7-10-6-5-9-3-1-2-4-11(9)12(10)8-14(13)16/h2-6,8H. The molecular formula is C14H6Cl2. The Kier molecular flexibility index (Phi) is 2.27. The summed E-state index contributed by atoms with van der Waals surface area (Å²) in [5, 5.41) is 5.34. The van der Waals surface area contributed by atoms with Gasteiger partial charge in [-0.25, -0.2) is 0 Å². The Morgan fingerprint density at radius 2 is 1.88 bits per heavy atom. The molecule has 0 bridgehead atoms. The molecule has 2 radical (unpaired) electrons. The highest BCUT2D eigenvalue weighted by atomic mass is 35.5. The molecule has 0 amide bonds. The molecule has 0 aliphatic heterocycles. The molecular weight excluding hydrogens is 239 g/mol. The second-order valence-corrected chi connectivity index (χ2v) is 4.39. The summed E-state index contributed by atoms with van der Waals surface area (Å²) >= 11 is 12.0. The number of rotatable bonds is 0. The Bertz CT molecular complexity index is 687. The SMILES string of the molecule is Clc1[c]c2ccc3c[c]ccc3c2cc1Cl. The topological polar surface area (TPSA) is 0 Å². The van der Waals surface area contributed by atoms with Crippen molar-refractivity contribution in [2.24, 2.45) is 0 Å².